The number of thiazole rings is 1. The molecule has 0 bridgehead atoms. The molecule has 28 heavy (non-hydrogen) atoms. The van der Waals surface area contributed by atoms with Crippen LogP contribution in [0.15, 0.2) is 48.5 Å². The van der Waals surface area contributed by atoms with E-state index in [4.69, 9.17) is 11.6 Å². The molecule has 3 aromatic rings. The Labute approximate surface area is 171 Å². The van der Waals surface area contributed by atoms with E-state index in [1.165, 1.54) is 22.9 Å². The fourth-order valence-corrected chi connectivity index (χ4v) is 4.39. The van der Waals surface area contributed by atoms with E-state index >= 15 is 0 Å². The van der Waals surface area contributed by atoms with Crippen LogP contribution in [0.3, 0.4) is 0 Å². The molecular weight excluding hydrogens is 397 g/mol. The standard InChI is InChI=1S/C21H19ClFN3OS/c22-16-13-15(5-7-17(16)23)6-8-21(27)26-11-9-25(10-12-26)14-20-24-18-3-1-2-4-19(18)28-20/h1-8,13H,9-12,14H2/b8-6+. The van der Waals surface area contributed by atoms with Gasteiger partial charge in [-0.1, -0.05) is 29.8 Å². The third-order valence-corrected chi connectivity index (χ3v) is 6.05. The first kappa shape index (κ1) is 19.1. The second kappa shape index (κ2) is 8.39. The molecule has 0 aliphatic carbocycles. The second-order valence-corrected chi connectivity index (χ2v) is 8.21. The highest BCUT2D eigenvalue weighted by atomic mass is 35.5. The number of amides is 1. The van der Waals surface area contributed by atoms with E-state index in [0.29, 0.717) is 18.7 Å². The number of aromatic nitrogens is 1. The molecule has 1 aliphatic rings. The van der Waals surface area contributed by atoms with Gasteiger partial charge < -0.3 is 4.90 Å². The first-order chi connectivity index (χ1) is 13.6. The summed E-state index contributed by atoms with van der Waals surface area (Å²) < 4.78 is 14.4. The van der Waals surface area contributed by atoms with Gasteiger partial charge in [-0.3, -0.25) is 9.69 Å². The molecule has 1 amide bonds. The number of halogens is 2. The van der Waals surface area contributed by atoms with E-state index in [2.05, 4.69) is 16.0 Å². The van der Waals surface area contributed by atoms with Crippen LogP contribution in [0, 0.1) is 5.82 Å². The summed E-state index contributed by atoms with van der Waals surface area (Å²) >= 11 is 7.50. The van der Waals surface area contributed by atoms with Crippen molar-refractivity contribution >= 4 is 45.1 Å². The Hall–Kier alpha value is -2.28. The minimum Gasteiger partial charge on any atom is -0.337 e. The van der Waals surface area contributed by atoms with Gasteiger partial charge in [0, 0.05) is 32.3 Å². The van der Waals surface area contributed by atoms with Crippen LogP contribution in [-0.2, 0) is 11.3 Å². The van der Waals surface area contributed by atoms with Gasteiger partial charge in [-0.15, -0.1) is 11.3 Å². The predicted molar refractivity (Wildman–Crippen MR) is 112 cm³/mol. The number of para-hydroxylation sites is 1. The molecule has 0 N–H and O–H groups in total. The number of rotatable bonds is 4. The Morgan fingerprint density at radius 3 is 2.71 bits per heavy atom. The summed E-state index contributed by atoms with van der Waals surface area (Å²) in [5.74, 6) is -0.505. The van der Waals surface area contributed by atoms with E-state index in [1.54, 1.807) is 23.5 Å². The molecule has 7 heteroatoms. The van der Waals surface area contributed by atoms with Crippen molar-refractivity contribution in [3.05, 3.63) is 70.0 Å². The summed E-state index contributed by atoms with van der Waals surface area (Å²) in [6.45, 7) is 3.80. The van der Waals surface area contributed by atoms with Crippen LogP contribution in [0.5, 0.6) is 0 Å². The van der Waals surface area contributed by atoms with E-state index in [9.17, 15) is 9.18 Å². The molecule has 2 heterocycles. The summed E-state index contributed by atoms with van der Waals surface area (Å²) in [6.07, 6.45) is 3.19. The number of carbonyl (C=O) groups excluding carboxylic acids is 1. The van der Waals surface area contributed by atoms with Crippen LogP contribution in [0.1, 0.15) is 10.6 Å². The highest BCUT2D eigenvalue weighted by molar-refractivity contribution is 7.18. The highest BCUT2D eigenvalue weighted by Gasteiger charge is 2.20. The zero-order chi connectivity index (χ0) is 19.5. The van der Waals surface area contributed by atoms with Crippen LogP contribution >= 0.6 is 22.9 Å². The van der Waals surface area contributed by atoms with Crippen LogP contribution < -0.4 is 0 Å². The fourth-order valence-electron chi connectivity index (χ4n) is 3.19. The Kier molecular flexibility index (Phi) is 5.71. The van der Waals surface area contributed by atoms with Crippen molar-refractivity contribution in [1.82, 2.24) is 14.8 Å². The summed E-state index contributed by atoms with van der Waals surface area (Å²) in [5.41, 5.74) is 1.75. The maximum Gasteiger partial charge on any atom is 0.246 e. The average Bonchev–Trinajstić information content (AvgIpc) is 3.11. The summed E-state index contributed by atoms with van der Waals surface area (Å²) in [4.78, 5) is 21.2. The van der Waals surface area contributed by atoms with Crippen molar-refractivity contribution in [2.75, 3.05) is 26.2 Å². The smallest absolute Gasteiger partial charge is 0.246 e. The van der Waals surface area contributed by atoms with Crippen molar-refractivity contribution in [2.45, 2.75) is 6.54 Å². The lowest BCUT2D eigenvalue weighted by Gasteiger charge is -2.33. The summed E-state index contributed by atoms with van der Waals surface area (Å²) in [5, 5.41) is 1.16. The second-order valence-electron chi connectivity index (χ2n) is 6.68. The molecule has 4 rings (SSSR count). The van der Waals surface area contributed by atoms with Crippen molar-refractivity contribution in [2.24, 2.45) is 0 Å². The molecule has 144 valence electrons. The molecule has 0 spiro atoms. The SMILES string of the molecule is O=C(/C=C/c1ccc(F)c(Cl)c1)N1CCN(Cc2nc3ccccc3s2)CC1. The van der Waals surface area contributed by atoms with Gasteiger partial charge in [0.25, 0.3) is 0 Å². The van der Waals surface area contributed by atoms with E-state index in [0.717, 1.165) is 30.2 Å². The fraction of sp³-hybridized carbons (Fsp3) is 0.238. The zero-order valence-corrected chi connectivity index (χ0v) is 16.7. The number of benzene rings is 2. The van der Waals surface area contributed by atoms with Gasteiger partial charge in [0.2, 0.25) is 5.91 Å². The minimum atomic E-state index is -0.464. The lowest BCUT2D eigenvalue weighted by molar-refractivity contribution is -0.127. The maximum atomic E-state index is 13.2. The third kappa shape index (κ3) is 4.41. The van der Waals surface area contributed by atoms with Gasteiger partial charge in [-0.05, 0) is 35.9 Å². The van der Waals surface area contributed by atoms with Gasteiger partial charge >= 0.3 is 0 Å². The van der Waals surface area contributed by atoms with Crippen molar-refractivity contribution < 1.29 is 9.18 Å². The molecule has 0 unspecified atom stereocenters. The highest BCUT2D eigenvalue weighted by Crippen LogP contribution is 2.23. The van der Waals surface area contributed by atoms with Gasteiger partial charge in [0.15, 0.2) is 0 Å². The van der Waals surface area contributed by atoms with E-state index in [-0.39, 0.29) is 10.9 Å². The molecular formula is C21H19ClFN3OS. The molecule has 1 aromatic heterocycles. The lowest BCUT2D eigenvalue weighted by Crippen LogP contribution is -2.47. The largest absolute Gasteiger partial charge is 0.337 e. The summed E-state index contributed by atoms with van der Waals surface area (Å²) in [6, 6.07) is 12.6. The van der Waals surface area contributed by atoms with Crippen molar-refractivity contribution in [1.29, 1.82) is 0 Å². The molecule has 0 saturated carbocycles. The van der Waals surface area contributed by atoms with Gasteiger partial charge in [0.1, 0.15) is 10.8 Å². The number of nitrogens with zero attached hydrogens (tertiary/aromatic N) is 3. The van der Waals surface area contributed by atoms with Crippen LogP contribution in [0.4, 0.5) is 4.39 Å². The van der Waals surface area contributed by atoms with E-state index in [1.807, 2.05) is 23.1 Å². The molecule has 1 fully saturated rings. The van der Waals surface area contributed by atoms with Crippen molar-refractivity contribution in [3.8, 4) is 0 Å². The van der Waals surface area contributed by atoms with Gasteiger partial charge in [-0.2, -0.15) is 0 Å². The molecule has 2 aromatic carbocycles. The van der Waals surface area contributed by atoms with Crippen LogP contribution in [0.2, 0.25) is 5.02 Å². The Balaban J connectivity index is 1.31. The Morgan fingerprint density at radius 1 is 1.18 bits per heavy atom. The Bertz CT molecular complexity index is 994. The number of carbonyl (C=O) groups is 1. The first-order valence-corrected chi connectivity index (χ1v) is 10.3. The van der Waals surface area contributed by atoms with Gasteiger partial charge in [0.05, 0.1) is 21.8 Å². The number of hydrogen-bond acceptors (Lipinski definition) is 4. The first-order valence-electron chi connectivity index (χ1n) is 9.07. The Morgan fingerprint density at radius 2 is 1.96 bits per heavy atom. The molecule has 4 nitrogen and oxygen atoms in total. The molecule has 0 radical (unpaired) electrons. The van der Waals surface area contributed by atoms with Crippen LogP contribution in [-0.4, -0.2) is 46.9 Å². The number of fused-ring (bicyclic) bond motifs is 1. The number of piperazine rings is 1. The quantitative estimate of drug-likeness (QED) is 0.591. The minimum absolute atomic E-state index is 0.0416. The van der Waals surface area contributed by atoms with Crippen molar-refractivity contribution in [3.63, 3.8) is 0 Å². The van der Waals surface area contributed by atoms with Crippen LogP contribution in [0.25, 0.3) is 16.3 Å². The molecule has 1 saturated heterocycles. The summed E-state index contributed by atoms with van der Waals surface area (Å²) in [7, 11) is 0. The van der Waals surface area contributed by atoms with Gasteiger partial charge in [-0.25, -0.2) is 9.37 Å². The topological polar surface area (TPSA) is 36.4 Å². The third-order valence-electron chi connectivity index (χ3n) is 4.74. The monoisotopic (exact) mass is 415 g/mol. The number of hydrogen-bond donors (Lipinski definition) is 0. The lowest BCUT2D eigenvalue weighted by atomic mass is 10.2. The molecule has 0 atom stereocenters. The van der Waals surface area contributed by atoms with E-state index < -0.39 is 5.82 Å². The zero-order valence-electron chi connectivity index (χ0n) is 15.1. The predicted octanol–water partition coefficient (Wildman–Crippen LogP) is 4.45. The normalized spacial score (nSPS) is 15.6. The maximum absolute atomic E-state index is 13.2. The average molecular weight is 416 g/mol. The molecule has 1 aliphatic heterocycles.